The standard InChI is InChI=1S/2C11H21N.C9H17N/c1-10(2)12-8-4-7-11(9-12)5-3-6-11;1-10(2)12-8-7-11(9-12)5-3-4-6-11;1-8(2)10-6-9(7-10)4-3-5-9/h2*10H,3-9H2,1-2H3;8H,3-7H2,1-2H3. The van der Waals surface area contributed by atoms with Gasteiger partial charge in [-0.25, -0.2) is 0 Å². The van der Waals surface area contributed by atoms with Crippen molar-refractivity contribution in [3.63, 3.8) is 0 Å². The van der Waals surface area contributed by atoms with Crippen LogP contribution in [0.1, 0.15) is 125 Å². The van der Waals surface area contributed by atoms with Crippen LogP contribution in [0.5, 0.6) is 0 Å². The lowest BCUT2D eigenvalue weighted by atomic mass is 9.63. The van der Waals surface area contributed by atoms with Crippen LogP contribution < -0.4 is 0 Å². The molecule has 3 aliphatic heterocycles. The third-order valence-electron chi connectivity index (χ3n) is 10.9. The highest BCUT2D eigenvalue weighted by atomic mass is 15.2. The lowest BCUT2D eigenvalue weighted by Crippen LogP contribution is -2.61. The zero-order chi connectivity index (χ0) is 24.4. The molecule has 3 heterocycles. The molecule has 198 valence electrons. The van der Waals surface area contributed by atoms with Crippen molar-refractivity contribution in [2.75, 3.05) is 39.3 Å². The Morgan fingerprint density at radius 3 is 1.18 bits per heavy atom. The molecule has 3 heteroatoms. The van der Waals surface area contributed by atoms with E-state index in [0.29, 0.717) is 0 Å². The van der Waals surface area contributed by atoms with Gasteiger partial charge in [0.25, 0.3) is 0 Å². The predicted molar refractivity (Wildman–Crippen MR) is 147 cm³/mol. The van der Waals surface area contributed by atoms with Gasteiger partial charge in [-0.15, -0.1) is 0 Å². The van der Waals surface area contributed by atoms with Crippen LogP contribution in [0, 0.1) is 16.2 Å². The van der Waals surface area contributed by atoms with Gasteiger partial charge in [-0.05, 0) is 129 Å². The predicted octanol–water partition coefficient (Wildman–Crippen LogP) is 7.20. The fourth-order valence-electron chi connectivity index (χ4n) is 7.89. The minimum Gasteiger partial charge on any atom is -0.300 e. The van der Waals surface area contributed by atoms with Crippen molar-refractivity contribution in [1.29, 1.82) is 0 Å². The first kappa shape index (κ1) is 26.9. The van der Waals surface area contributed by atoms with E-state index in [0.717, 1.165) is 34.4 Å². The lowest BCUT2D eigenvalue weighted by molar-refractivity contribution is -0.0758. The van der Waals surface area contributed by atoms with Gasteiger partial charge in [0.1, 0.15) is 0 Å². The molecule has 0 amide bonds. The molecule has 3 aliphatic carbocycles. The Labute approximate surface area is 213 Å². The van der Waals surface area contributed by atoms with Gasteiger partial charge in [-0.1, -0.05) is 25.7 Å². The van der Waals surface area contributed by atoms with Crippen LogP contribution in [0.3, 0.4) is 0 Å². The molecule has 0 N–H and O–H groups in total. The number of likely N-dealkylation sites (tertiary alicyclic amines) is 3. The fourth-order valence-corrected chi connectivity index (χ4v) is 7.89. The van der Waals surface area contributed by atoms with Crippen LogP contribution in [0.2, 0.25) is 0 Å². The van der Waals surface area contributed by atoms with Crippen LogP contribution in [0.25, 0.3) is 0 Å². The molecule has 0 bridgehead atoms. The van der Waals surface area contributed by atoms with E-state index in [1.54, 1.807) is 0 Å². The summed E-state index contributed by atoms with van der Waals surface area (Å²) >= 11 is 0. The van der Waals surface area contributed by atoms with E-state index in [2.05, 4.69) is 56.2 Å². The van der Waals surface area contributed by atoms with Gasteiger partial charge < -0.3 is 9.80 Å². The molecule has 6 fully saturated rings. The number of nitrogens with zero attached hydrogens (tertiary/aromatic N) is 3. The van der Waals surface area contributed by atoms with Gasteiger partial charge in [0, 0.05) is 44.3 Å². The highest BCUT2D eigenvalue weighted by Gasteiger charge is 2.47. The largest absolute Gasteiger partial charge is 0.300 e. The SMILES string of the molecule is CC(C)N1CC2(CCC2)C1.CC(C)N1CCC2(CCCC2)C1.CC(C)N1CCCC2(CCC2)C1. The summed E-state index contributed by atoms with van der Waals surface area (Å²) in [6.45, 7) is 22.2. The van der Waals surface area contributed by atoms with Crippen LogP contribution in [0.4, 0.5) is 0 Å². The molecule has 3 spiro atoms. The maximum absolute atomic E-state index is 2.67. The third kappa shape index (κ3) is 6.23. The molecule has 3 nitrogen and oxygen atoms in total. The van der Waals surface area contributed by atoms with E-state index in [-0.39, 0.29) is 0 Å². The van der Waals surface area contributed by atoms with E-state index in [1.807, 2.05) is 0 Å². The van der Waals surface area contributed by atoms with Crippen LogP contribution in [0.15, 0.2) is 0 Å². The van der Waals surface area contributed by atoms with Gasteiger partial charge in [0.15, 0.2) is 0 Å². The molecular formula is C31H59N3. The summed E-state index contributed by atoms with van der Waals surface area (Å²) in [6, 6.07) is 2.32. The molecule has 0 aromatic rings. The Bertz CT molecular complexity index is 617. The summed E-state index contributed by atoms with van der Waals surface area (Å²) in [4.78, 5) is 7.91. The molecule has 3 saturated heterocycles. The summed E-state index contributed by atoms with van der Waals surface area (Å²) < 4.78 is 0. The summed E-state index contributed by atoms with van der Waals surface area (Å²) in [5.74, 6) is 0. The molecule has 0 atom stereocenters. The quantitative estimate of drug-likeness (QED) is 0.429. The van der Waals surface area contributed by atoms with Gasteiger partial charge in [0.05, 0.1) is 0 Å². The number of hydrogen-bond donors (Lipinski definition) is 0. The van der Waals surface area contributed by atoms with Gasteiger partial charge in [-0.2, -0.15) is 0 Å². The second kappa shape index (κ2) is 11.1. The molecule has 3 saturated carbocycles. The Balaban J connectivity index is 0.000000121. The van der Waals surface area contributed by atoms with Crippen molar-refractivity contribution in [3.8, 4) is 0 Å². The zero-order valence-electron chi connectivity index (χ0n) is 24.0. The van der Waals surface area contributed by atoms with Crippen molar-refractivity contribution >= 4 is 0 Å². The summed E-state index contributed by atoms with van der Waals surface area (Å²) in [5, 5.41) is 0. The molecule has 6 aliphatic rings. The number of piperidine rings is 1. The first-order valence-corrected chi connectivity index (χ1v) is 15.4. The Morgan fingerprint density at radius 2 is 0.765 bits per heavy atom. The highest BCUT2D eigenvalue weighted by Crippen LogP contribution is 2.49. The Hall–Kier alpha value is -0.120. The zero-order valence-corrected chi connectivity index (χ0v) is 24.0. The van der Waals surface area contributed by atoms with E-state index < -0.39 is 0 Å². The van der Waals surface area contributed by atoms with Gasteiger partial charge in [0.2, 0.25) is 0 Å². The van der Waals surface area contributed by atoms with E-state index >= 15 is 0 Å². The van der Waals surface area contributed by atoms with E-state index in [1.165, 1.54) is 123 Å². The first-order valence-electron chi connectivity index (χ1n) is 15.4. The second-order valence-corrected chi connectivity index (χ2v) is 14.4. The maximum Gasteiger partial charge on any atom is 0.00532 e. The second-order valence-electron chi connectivity index (χ2n) is 14.4. The average molecular weight is 474 g/mol. The number of rotatable bonds is 3. The molecule has 0 radical (unpaired) electrons. The van der Waals surface area contributed by atoms with Crippen LogP contribution in [-0.4, -0.2) is 72.1 Å². The van der Waals surface area contributed by atoms with Crippen molar-refractivity contribution in [1.82, 2.24) is 14.7 Å². The molecule has 34 heavy (non-hydrogen) atoms. The Kier molecular flexibility index (Phi) is 8.79. The molecular weight excluding hydrogens is 414 g/mol. The smallest absolute Gasteiger partial charge is 0.00532 e. The van der Waals surface area contributed by atoms with Crippen molar-refractivity contribution in [3.05, 3.63) is 0 Å². The van der Waals surface area contributed by atoms with Crippen LogP contribution >= 0.6 is 0 Å². The minimum atomic E-state index is 0.766. The van der Waals surface area contributed by atoms with E-state index in [4.69, 9.17) is 0 Å². The Morgan fingerprint density at radius 1 is 0.382 bits per heavy atom. The van der Waals surface area contributed by atoms with Crippen LogP contribution in [-0.2, 0) is 0 Å². The first-order chi connectivity index (χ1) is 16.2. The minimum absolute atomic E-state index is 0.766. The van der Waals surface area contributed by atoms with E-state index in [9.17, 15) is 0 Å². The molecule has 6 rings (SSSR count). The monoisotopic (exact) mass is 473 g/mol. The van der Waals surface area contributed by atoms with Crippen molar-refractivity contribution in [2.24, 2.45) is 16.2 Å². The fraction of sp³-hybridized carbons (Fsp3) is 1.00. The molecule has 0 aromatic carbocycles. The van der Waals surface area contributed by atoms with Gasteiger partial charge in [-0.3, -0.25) is 4.90 Å². The number of hydrogen-bond acceptors (Lipinski definition) is 3. The molecule has 0 aromatic heterocycles. The van der Waals surface area contributed by atoms with Gasteiger partial charge >= 0.3 is 0 Å². The lowest BCUT2D eigenvalue weighted by Gasteiger charge is -2.57. The summed E-state index contributed by atoms with van der Waals surface area (Å²) in [6.07, 6.45) is 19.5. The topological polar surface area (TPSA) is 9.72 Å². The highest BCUT2D eigenvalue weighted by molar-refractivity contribution is 5.01. The summed E-state index contributed by atoms with van der Waals surface area (Å²) in [7, 11) is 0. The third-order valence-corrected chi connectivity index (χ3v) is 10.9. The summed E-state index contributed by atoms with van der Waals surface area (Å²) in [5.41, 5.74) is 2.37. The molecule has 0 unspecified atom stereocenters. The van der Waals surface area contributed by atoms with Crippen molar-refractivity contribution in [2.45, 2.75) is 143 Å². The average Bonchev–Trinajstić information content (AvgIpc) is 3.35. The normalized spacial score (nSPS) is 29.6. The maximum atomic E-state index is 2.67. The van der Waals surface area contributed by atoms with Crippen molar-refractivity contribution < 1.29 is 0 Å².